The minimum Gasteiger partial charge on any atom is -0.445 e. The van der Waals surface area contributed by atoms with Crippen LogP contribution in [-0.4, -0.2) is 29.9 Å². The van der Waals surface area contributed by atoms with Crippen LogP contribution >= 0.6 is 0 Å². The fourth-order valence-electron chi connectivity index (χ4n) is 2.00. The van der Waals surface area contributed by atoms with Crippen LogP contribution in [0, 0.1) is 0 Å². The predicted molar refractivity (Wildman–Crippen MR) is 82.8 cm³/mol. The summed E-state index contributed by atoms with van der Waals surface area (Å²) in [7, 11) is 0. The van der Waals surface area contributed by atoms with Gasteiger partial charge in [-0.1, -0.05) is 43.2 Å². The summed E-state index contributed by atoms with van der Waals surface area (Å²) in [5, 5.41) is 12.0. The normalized spacial score (nSPS) is 13.5. The molecule has 1 rings (SSSR count). The third-order valence-electron chi connectivity index (χ3n) is 3.22. The first kappa shape index (κ1) is 17.5. The topological polar surface area (TPSA) is 84.6 Å². The van der Waals surface area contributed by atoms with Crippen molar-refractivity contribution in [2.24, 2.45) is 5.73 Å². The molecule has 4 N–H and O–H groups in total. The molecule has 0 aliphatic heterocycles. The molecule has 5 nitrogen and oxygen atoms in total. The Morgan fingerprint density at radius 2 is 1.95 bits per heavy atom. The van der Waals surface area contributed by atoms with Gasteiger partial charge in [0.2, 0.25) is 0 Å². The maximum atomic E-state index is 11.7. The van der Waals surface area contributed by atoms with Gasteiger partial charge >= 0.3 is 6.09 Å². The van der Waals surface area contributed by atoms with Gasteiger partial charge in [-0.05, 0) is 25.3 Å². The predicted octanol–water partition coefficient (Wildman–Crippen LogP) is 2.18. The van der Waals surface area contributed by atoms with E-state index in [1.807, 2.05) is 37.3 Å². The molecule has 118 valence electrons. The van der Waals surface area contributed by atoms with Gasteiger partial charge in [-0.3, -0.25) is 0 Å². The number of amides is 1. The van der Waals surface area contributed by atoms with Crippen LogP contribution in [-0.2, 0) is 11.3 Å². The number of alkyl carbamates (subject to hydrolysis) is 1. The van der Waals surface area contributed by atoms with Crippen LogP contribution in [0.15, 0.2) is 30.3 Å². The monoisotopic (exact) mass is 294 g/mol. The molecule has 0 aromatic heterocycles. The summed E-state index contributed by atoms with van der Waals surface area (Å²) in [6.45, 7) is 2.12. The van der Waals surface area contributed by atoms with Crippen molar-refractivity contribution in [3.8, 4) is 0 Å². The Balaban J connectivity index is 2.21. The van der Waals surface area contributed by atoms with Gasteiger partial charge in [0.25, 0.3) is 0 Å². The lowest BCUT2D eigenvalue weighted by Gasteiger charge is -2.16. The van der Waals surface area contributed by atoms with E-state index in [0.717, 1.165) is 31.2 Å². The van der Waals surface area contributed by atoms with E-state index in [9.17, 15) is 9.90 Å². The Hall–Kier alpha value is -1.59. The van der Waals surface area contributed by atoms with Gasteiger partial charge in [-0.2, -0.15) is 0 Å². The maximum Gasteiger partial charge on any atom is 0.407 e. The lowest BCUT2D eigenvalue weighted by atomic mass is 10.1. The van der Waals surface area contributed by atoms with E-state index in [1.165, 1.54) is 0 Å². The van der Waals surface area contributed by atoms with E-state index in [0.29, 0.717) is 0 Å². The molecule has 5 heteroatoms. The smallest absolute Gasteiger partial charge is 0.407 e. The summed E-state index contributed by atoms with van der Waals surface area (Å²) in [4.78, 5) is 11.7. The highest BCUT2D eigenvalue weighted by Gasteiger charge is 2.12. The number of carbonyl (C=O) groups excluding carboxylic acids is 1. The first-order valence-electron chi connectivity index (χ1n) is 7.45. The summed E-state index contributed by atoms with van der Waals surface area (Å²) in [6, 6.07) is 9.42. The molecular formula is C16H26N2O3. The molecule has 21 heavy (non-hydrogen) atoms. The number of unbranched alkanes of at least 4 members (excludes halogenated alkanes) is 1. The molecule has 0 bridgehead atoms. The summed E-state index contributed by atoms with van der Waals surface area (Å²) in [5.74, 6) is 0. The van der Waals surface area contributed by atoms with Crippen molar-refractivity contribution in [3.63, 3.8) is 0 Å². The van der Waals surface area contributed by atoms with Crippen molar-refractivity contribution in [1.82, 2.24) is 5.32 Å². The Labute approximate surface area is 126 Å². The Bertz CT molecular complexity index is 396. The number of hydrogen-bond acceptors (Lipinski definition) is 4. The quantitative estimate of drug-likeness (QED) is 0.609. The molecule has 1 aromatic carbocycles. The maximum absolute atomic E-state index is 11.7. The molecular weight excluding hydrogens is 268 g/mol. The lowest BCUT2D eigenvalue weighted by molar-refractivity contribution is 0.128. The Kier molecular flexibility index (Phi) is 8.47. The molecule has 0 spiro atoms. The first-order valence-corrected chi connectivity index (χ1v) is 7.45. The third kappa shape index (κ3) is 8.32. The second-order valence-electron chi connectivity index (χ2n) is 5.35. The number of benzene rings is 1. The van der Waals surface area contributed by atoms with Crippen LogP contribution in [0.2, 0.25) is 0 Å². The molecule has 0 aliphatic carbocycles. The SMILES string of the molecule is C[C@@H](N)CCCC[C@@H](CO)NC(=O)OCc1ccccc1. The van der Waals surface area contributed by atoms with Gasteiger partial charge in [0.15, 0.2) is 0 Å². The molecule has 1 aromatic rings. The van der Waals surface area contributed by atoms with Gasteiger partial charge in [0.05, 0.1) is 12.6 Å². The highest BCUT2D eigenvalue weighted by atomic mass is 16.5. The number of nitrogens with two attached hydrogens (primary N) is 1. The van der Waals surface area contributed by atoms with E-state index in [4.69, 9.17) is 10.5 Å². The molecule has 0 saturated carbocycles. The number of carbonyl (C=O) groups is 1. The average molecular weight is 294 g/mol. The molecule has 0 fully saturated rings. The highest BCUT2D eigenvalue weighted by Crippen LogP contribution is 2.06. The lowest BCUT2D eigenvalue weighted by Crippen LogP contribution is -2.37. The first-order chi connectivity index (χ1) is 10.1. The number of aliphatic hydroxyl groups is 1. The minimum atomic E-state index is -0.495. The summed E-state index contributed by atoms with van der Waals surface area (Å²) < 4.78 is 5.12. The number of nitrogens with one attached hydrogen (secondary N) is 1. The highest BCUT2D eigenvalue weighted by molar-refractivity contribution is 5.67. The van der Waals surface area contributed by atoms with Crippen LogP contribution in [0.1, 0.15) is 38.2 Å². The number of hydrogen-bond donors (Lipinski definition) is 3. The van der Waals surface area contributed by atoms with E-state index in [2.05, 4.69) is 5.32 Å². The number of ether oxygens (including phenoxy) is 1. The zero-order valence-corrected chi connectivity index (χ0v) is 12.6. The van der Waals surface area contributed by atoms with Gasteiger partial charge in [0, 0.05) is 6.04 Å². The second-order valence-corrected chi connectivity index (χ2v) is 5.35. The standard InChI is InChI=1S/C16H26N2O3/c1-13(17)7-5-6-10-15(11-19)18-16(20)21-12-14-8-3-2-4-9-14/h2-4,8-9,13,15,19H,5-7,10-12,17H2,1H3,(H,18,20)/t13-,15+/m1/s1. The Morgan fingerprint density at radius 3 is 2.57 bits per heavy atom. The van der Waals surface area contributed by atoms with Crippen LogP contribution in [0.25, 0.3) is 0 Å². The minimum absolute atomic E-state index is 0.0847. The largest absolute Gasteiger partial charge is 0.445 e. The number of aliphatic hydroxyl groups excluding tert-OH is 1. The zero-order chi connectivity index (χ0) is 15.5. The molecule has 0 aliphatic rings. The summed E-state index contributed by atoms with van der Waals surface area (Å²) >= 11 is 0. The van der Waals surface area contributed by atoms with Crippen LogP contribution < -0.4 is 11.1 Å². The van der Waals surface area contributed by atoms with Crippen molar-refractivity contribution in [1.29, 1.82) is 0 Å². The molecule has 0 heterocycles. The molecule has 2 atom stereocenters. The zero-order valence-electron chi connectivity index (χ0n) is 12.6. The second kappa shape index (κ2) is 10.2. The molecule has 0 unspecified atom stereocenters. The third-order valence-corrected chi connectivity index (χ3v) is 3.22. The Morgan fingerprint density at radius 1 is 1.29 bits per heavy atom. The molecule has 1 amide bonds. The van der Waals surface area contributed by atoms with Crippen LogP contribution in [0.5, 0.6) is 0 Å². The van der Waals surface area contributed by atoms with Gasteiger partial charge in [-0.25, -0.2) is 4.79 Å². The van der Waals surface area contributed by atoms with Gasteiger partial charge in [-0.15, -0.1) is 0 Å². The van der Waals surface area contributed by atoms with E-state index >= 15 is 0 Å². The van der Waals surface area contributed by atoms with Crippen molar-refractivity contribution < 1.29 is 14.6 Å². The summed E-state index contributed by atoms with van der Waals surface area (Å²) in [6.07, 6.45) is 3.10. The van der Waals surface area contributed by atoms with Crippen LogP contribution in [0.3, 0.4) is 0 Å². The molecule has 0 saturated heterocycles. The van der Waals surface area contributed by atoms with Crippen molar-refractivity contribution in [3.05, 3.63) is 35.9 Å². The molecule has 0 radical (unpaired) electrons. The fraction of sp³-hybridized carbons (Fsp3) is 0.562. The van der Waals surface area contributed by atoms with Crippen LogP contribution in [0.4, 0.5) is 4.79 Å². The summed E-state index contributed by atoms with van der Waals surface area (Å²) in [5.41, 5.74) is 6.61. The fourth-order valence-corrected chi connectivity index (χ4v) is 2.00. The van der Waals surface area contributed by atoms with Gasteiger partial charge in [0.1, 0.15) is 6.61 Å². The van der Waals surface area contributed by atoms with Crippen molar-refractivity contribution >= 4 is 6.09 Å². The average Bonchev–Trinajstić information content (AvgIpc) is 2.49. The van der Waals surface area contributed by atoms with Gasteiger partial charge < -0.3 is 20.9 Å². The van der Waals surface area contributed by atoms with E-state index in [-0.39, 0.29) is 25.3 Å². The van der Waals surface area contributed by atoms with Crippen molar-refractivity contribution in [2.45, 2.75) is 51.3 Å². The number of rotatable bonds is 9. The van der Waals surface area contributed by atoms with E-state index in [1.54, 1.807) is 0 Å². The van der Waals surface area contributed by atoms with E-state index < -0.39 is 6.09 Å². The van der Waals surface area contributed by atoms with Crippen molar-refractivity contribution in [2.75, 3.05) is 6.61 Å².